The molecule has 0 aliphatic carbocycles. The molecule has 2 fully saturated rings. The van der Waals surface area contributed by atoms with E-state index in [-0.39, 0.29) is 24.0 Å². The third kappa shape index (κ3) is 5.02. The molecule has 5 heteroatoms. The van der Waals surface area contributed by atoms with Crippen LogP contribution in [0.25, 0.3) is 0 Å². The van der Waals surface area contributed by atoms with Gasteiger partial charge in [0.2, 0.25) is 0 Å². The Labute approximate surface area is 163 Å². The molecule has 2 heterocycles. The summed E-state index contributed by atoms with van der Waals surface area (Å²) < 4.78 is 5.53. The minimum Gasteiger partial charge on any atom is -0.444 e. The van der Waals surface area contributed by atoms with E-state index in [0.717, 1.165) is 45.4 Å². The van der Waals surface area contributed by atoms with Crippen molar-refractivity contribution in [3.63, 3.8) is 0 Å². The van der Waals surface area contributed by atoms with Gasteiger partial charge in [0.05, 0.1) is 0 Å². The van der Waals surface area contributed by atoms with Gasteiger partial charge in [-0.1, -0.05) is 30.3 Å². The third-order valence-electron chi connectivity index (χ3n) is 6.16. The number of carbonyl (C=O) groups excluding carboxylic acids is 1. The van der Waals surface area contributed by atoms with Crippen LogP contribution in [0.1, 0.15) is 45.6 Å². The SMILES string of the molecule is CC(C)(C)OC(=O)N1CCC2(CCN(Cc3ccccc3)CC2)C(CO)C1. The molecular formula is C22H34N2O3. The first kappa shape index (κ1) is 20.2. The maximum atomic E-state index is 12.4. The Morgan fingerprint density at radius 1 is 1.15 bits per heavy atom. The van der Waals surface area contributed by atoms with E-state index in [1.807, 2.05) is 20.8 Å². The first-order chi connectivity index (χ1) is 12.8. The van der Waals surface area contributed by atoms with Crippen molar-refractivity contribution >= 4 is 6.09 Å². The average Bonchev–Trinajstić information content (AvgIpc) is 2.63. The lowest BCUT2D eigenvalue weighted by molar-refractivity contribution is -0.0501. The second-order valence-corrected chi connectivity index (χ2v) is 9.18. The Morgan fingerprint density at radius 2 is 1.78 bits per heavy atom. The number of amides is 1. The molecule has 0 saturated carbocycles. The molecule has 1 aromatic carbocycles. The predicted octanol–water partition coefficient (Wildman–Crippen LogP) is 3.52. The van der Waals surface area contributed by atoms with Gasteiger partial charge in [-0.3, -0.25) is 4.90 Å². The molecule has 1 aromatic rings. The van der Waals surface area contributed by atoms with Crippen LogP contribution in [-0.2, 0) is 11.3 Å². The Morgan fingerprint density at radius 3 is 2.37 bits per heavy atom. The fraction of sp³-hybridized carbons (Fsp3) is 0.682. The second kappa shape index (κ2) is 8.19. The Bertz CT molecular complexity index is 618. The molecule has 1 N–H and O–H groups in total. The van der Waals surface area contributed by atoms with Crippen LogP contribution in [0, 0.1) is 11.3 Å². The number of aliphatic hydroxyl groups excluding tert-OH is 1. The summed E-state index contributed by atoms with van der Waals surface area (Å²) in [6.07, 6.45) is 2.88. The van der Waals surface area contributed by atoms with Gasteiger partial charge < -0.3 is 14.7 Å². The van der Waals surface area contributed by atoms with Crippen molar-refractivity contribution in [3.8, 4) is 0 Å². The van der Waals surface area contributed by atoms with Gasteiger partial charge in [-0.15, -0.1) is 0 Å². The number of benzene rings is 1. The van der Waals surface area contributed by atoms with Gasteiger partial charge in [-0.05, 0) is 64.1 Å². The highest BCUT2D eigenvalue weighted by Gasteiger charge is 2.45. The Hall–Kier alpha value is -1.59. The molecule has 3 rings (SSSR count). The van der Waals surface area contributed by atoms with E-state index in [9.17, 15) is 9.90 Å². The molecule has 0 radical (unpaired) electrons. The molecule has 1 amide bonds. The van der Waals surface area contributed by atoms with Crippen molar-refractivity contribution in [1.82, 2.24) is 9.80 Å². The lowest BCUT2D eigenvalue weighted by Gasteiger charge is -2.51. The standard InChI is InChI=1S/C22H34N2O3/c1-21(2,3)27-20(26)24-14-11-22(19(16-24)17-25)9-12-23(13-10-22)15-18-7-5-4-6-8-18/h4-8,19,25H,9-17H2,1-3H3. The summed E-state index contributed by atoms with van der Waals surface area (Å²) in [5, 5.41) is 10.0. The Kier molecular flexibility index (Phi) is 6.11. The van der Waals surface area contributed by atoms with Crippen LogP contribution in [0.2, 0.25) is 0 Å². The summed E-state index contributed by atoms with van der Waals surface area (Å²) >= 11 is 0. The van der Waals surface area contributed by atoms with E-state index in [2.05, 4.69) is 35.2 Å². The number of carbonyl (C=O) groups is 1. The lowest BCUT2D eigenvalue weighted by Crippen LogP contribution is -2.55. The number of piperidine rings is 2. The van der Waals surface area contributed by atoms with Crippen LogP contribution in [0.3, 0.4) is 0 Å². The number of hydrogen-bond acceptors (Lipinski definition) is 4. The fourth-order valence-corrected chi connectivity index (χ4v) is 4.51. The first-order valence-corrected chi connectivity index (χ1v) is 10.2. The van der Waals surface area contributed by atoms with E-state index in [1.54, 1.807) is 4.90 Å². The smallest absolute Gasteiger partial charge is 0.410 e. The minimum absolute atomic E-state index is 0.137. The van der Waals surface area contributed by atoms with Gasteiger partial charge in [-0.25, -0.2) is 4.79 Å². The molecular weight excluding hydrogens is 340 g/mol. The number of ether oxygens (including phenoxy) is 1. The number of nitrogens with zero attached hydrogens (tertiary/aromatic N) is 2. The molecule has 2 aliphatic rings. The molecule has 150 valence electrons. The summed E-state index contributed by atoms with van der Waals surface area (Å²) in [6.45, 7) is 10.2. The summed E-state index contributed by atoms with van der Waals surface area (Å²) in [4.78, 5) is 16.7. The zero-order valence-electron chi connectivity index (χ0n) is 17.0. The summed E-state index contributed by atoms with van der Waals surface area (Å²) in [5.74, 6) is 0.137. The molecule has 5 nitrogen and oxygen atoms in total. The van der Waals surface area contributed by atoms with Gasteiger partial charge in [0.1, 0.15) is 5.60 Å². The largest absolute Gasteiger partial charge is 0.444 e. The molecule has 2 aliphatic heterocycles. The van der Waals surface area contributed by atoms with Crippen LogP contribution in [0.5, 0.6) is 0 Å². The molecule has 2 saturated heterocycles. The maximum absolute atomic E-state index is 12.4. The van der Waals surface area contributed by atoms with Crippen molar-refractivity contribution in [2.24, 2.45) is 11.3 Å². The molecule has 0 bridgehead atoms. The number of likely N-dealkylation sites (tertiary alicyclic amines) is 2. The number of rotatable bonds is 3. The molecule has 1 atom stereocenters. The van der Waals surface area contributed by atoms with Gasteiger partial charge in [-0.2, -0.15) is 0 Å². The number of aliphatic hydroxyl groups is 1. The van der Waals surface area contributed by atoms with Crippen molar-refractivity contribution < 1.29 is 14.6 Å². The van der Waals surface area contributed by atoms with E-state index in [1.165, 1.54) is 5.56 Å². The minimum atomic E-state index is -0.482. The highest BCUT2D eigenvalue weighted by atomic mass is 16.6. The van der Waals surface area contributed by atoms with Gasteiger partial charge >= 0.3 is 6.09 Å². The highest BCUT2D eigenvalue weighted by molar-refractivity contribution is 5.68. The monoisotopic (exact) mass is 374 g/mol. The topological polar surface area (TPSA) is 53.0 Å². The first-order valence-electron chi connectivity index (χ1n) is 10.2. The molecule has 0 aromatic heterocycles. The van der Waals surface area contributed by atoms with Crippen LogP contribution in [0.4, 0.5) is 4.79 Å². The lowest BCUT2D eigenvalue weighted by atomic mass is 9.64. The van der Waals surface area contributed by atoms with Crippen LogP contribution in [0.15, 0.2) is 30.3 Å². The Balaban J connectivity index is 1.57. The van der Waals surface area contributed by atoms with Gasteiger partial charge in [0.25, 0.3) is 0 Å². The second-order valence-electron chi connectivity index (χ2n) is 9.18. The molecule has 1 unspecified atom stereocenters. The summed E-state index contributed by atoms with van der Waals surface area (Å²) in [7, 11) is 0. The van der Waals surface area contributed by atoms with E-state index in [0.29, 0.717) is 6.54 Å². The van der Waals surface area contributed by atoms with Crippen molar-refractivity contribution in [2.75, 3.05) is 32.8 Å². The van der Waals surface area contributed by atoms with E-state index < -0.39 is 5.60 Å². The van der Waals surface area contributed by atoms with Crippen LogP contribution in [-0.4, -0.2) is 59.4 Å². The van der Waals surface area contributed by atoms with Crippen molar-refractivity contribution in [2.45, 2.75) is 52.2 Å². The molecule has 27 heavy (non-hydrogen) atoms. The fourth-order valence-electron chi connectivity index (χ4n) is 4.51. The quantitative estimate of drug-likeness (QED) is 0.880. The molecule has 1 spiro atoms. The van der Waals surface area contributed by atoms with Crippen molar-refractivity contribution in [1.29, 1.82) is 0 Å². The highest BCUT2D eigenvalue weighted by Crippen LogP contribution is 2.45. The van der Waals surface area contributed by atoms with Gasteiger partial charge in [0.15, 0.2) is 0 Å². The normalized spacial score (nSPS) is 23.4. The van der Waals surface area contributed by atoms with E-state index >= 15 is 0 Å². The zero-order chi connectivity index (χ0) is 19.5. The summed E-state index contributed by atoms with van der Waals surface area (Å²) in [6, 6.07) is 10.6. The maximum Gasteiger partial charge on any atom is 0.410 e. The van der Waals surface area contributed by atoms with Gasteiger partial charge in [0, 0.05) is 32.2 Å². The van der Waals surface area contributed by atoms with Crippen LogP contribution >= 0.6 is 0 Å². The zero-order valence-corrected chi connectivity index (χ0v) is 17.0. The third-order valence-corrected chi connectivity index (χ3v) is 6.16. The number of hydrogen-bond donors (Lipinski definition) is 1. The summed E-state index contributed by atoms with van der Waals surface area (Å²) in [5.41, 5.74) is 1.02. The predicted molar refractivity (Wildman–Crippen MR) is 106 cm³/mol. The average molecular weight is 375 g/mol. The van der Waals surface area contributed by atoms with Crippen LogP contribution < -0.4 is 0 Å². The van der Waals surface area contributed by atoms with Crippen molar-refractivity contribution in [3.05, 3.63) is 35.9 Å². The van der Waals surface area contributed by atoms with E-state index in [4.69, 9.17) is 4.74 Å².